The molecule has 0 aliphatic rings. The van der Waals surface area contributed by atoms with Crippen LogP contribution in [0.2, 0.25) is 0 Å². The third kappa shape index (κ3) is 5.42. The fourth-order valence-corrected chi connectivity index (χ4v) is 3.63. The molecule has 0 atom stereocenters. The zero-order chi connectivity index (χ0) is 21.5. The summed E-state index contributed by atoms with van der Waals surface area (Å²) in [6.07, 6.45) is 1.86. The Morgan fingerprint density at radius 3 is 2.67 bits per heavy atom. The summed E-state index contributed by atoms with van der Waals surface area (Å²) < 4.78 is 13.6. The normalized spacial score (nSPS) is 10.8. The van der Waals surface area contributed by atoms with Gasteiger partial charge in [0.2, 0.25) is 5.91 Å². The number of carbonyl (C=O) groups excluding carboxylic acids is 1. The molecule has 3 rings (SSSR count). The standard InChI is InChI=1S/C23H26BrN3O3/c1-16(24)15-27-19-8-5-4-7-18(19)26-22(27)9-6-12-25-23(28)14-17-10-11-20(29-2)21(13-17)30-3/h4-5,7-8,10-11,13H,1,6,9,12,14-15H2,2-3H3,(H,25,28). The Bertz CT molecular complexity index is 1050. The van der Waals surface area contributed by atoms with E-state index in [1.807, 2.05) is 36.4 Å². The lowest BCUT2D eigenvalue weighted by molar-refractivity contribution is -0.120. The molecule has 1 N–H and O–H groups in total. The van der Waals surface area contributed by atoms with E-state index in [2.05, 4.69) is 38.5 Å². The lowest BCUT2D eigenvalue weighted by Crippen LogP contribution is -2.26. The number of nitrogens with zero attached hydrogens (tertiary/aromatic N) is 2. The number of rotatable bonds is 10. The molecule has 1 aromatic heterocycles. The van der Waals surface area contributed by atoms with Gasteiger partial charge in [0.25, 0.3) is 0 Å². The van der Waals surface area contributed by atoms with Crippen molar-refractivity contribution in [3.63, 3.8) is 0 Å². The quantitative estimate of drug-likeness (QED) is 0.448. The van der Waals surface area contributed by atoms with Gasteiger partial charge in [-0.15, -0.1) is 0 Å². The first-order valence-corrected chi connectivity index (χ1v) is 10.6. The van der Waals surface area contributed by atoms with Crippen molar-refractivity contribution >= 4 is 32.9 Å². The topological polar surface area (TPSA) is 65.4 Å². The van der Waals surface area contributed by atoms with Crippen LogP contribution < -0.4 is 14.8 Å². The molecule has 0 radical (unpaired) electrons. The zero-order valence-electron chi connectivity index (χ0n) is 17.3. The third-order valence-electron chi connectivity index (χ3n) is 4.78. The predicted molar refractivity (Wildman–Crippen MR) is 122 cm³/mol. The minimum absolute atomic E-state index is 0.0236. The van der Waals surface area contributed by atoms with Crippen LogP contribution in [0.15, 0.2) is 53.5 Å². The molecule has 0 spiro atoms. The summed E-state index contributed by atoms with van der Waals surface area (Å²) in [5.74, 6) is 2.24. The number of hydrogen-bond donors (Lipinski definition) is 1. The van der Waals surface area contributed by atoms with Gasteiger partial charge in [0.05, 0.1) is 38.2 Å². The maximum Gasteiger partial charge on any atom is 0.224 e. The second-order valence-electron chi connectivity index (χ2n) is 6.94. The first kappa shape index (κ1) is 21.9. The zero-order valence-corrected chi connectivity index (χ0v) is 18.9. The number of benzene rings is 2. The molecule has 0 unspecified atom stereocenters. The van der Waals surface area contributed by atoms with Crippen LogP contribution in [-0.2, 0) is 24.2 Å². The summed E-state index contributed by atoms with van der Waals surface area (Å²) in [7, 11) is 3.17. The first-order valence-electron chi connectivity index (χ1n) is 9.77. The van der Waals surface area contributed by atoms with Crippen molar-refractivity contribution in [2.24, 2.45) is 0 Å². The van der Waals surface area contributed by atoms with Gasteiger partial charge in [-0.05, 0) is 36.2 Å². The summed E-state index contributed by atoms with van der Waals surface area (Å²) in [6, 6.07) is 13.6. The highest BCUT2D eigenvalue weighted by atomic mass is 79.9. The van der Waals surface area contributed by atoms with E-state index in [1.54, 1.807) is 14.2 Å². The number of carbonyl (C=O) groups is 1. The Kier molecular flexibility index (Phi) is 7.52. The SMILES string of the molecule is C=C(Br)Cn1c(CCCNC(=O)Cc2ccc(OC)c(OC)c2)nc2ccccc21. The molecule has 0 fully saturated rings. The number of methoxy groups -OCH3 is 2. The van der Waals surface area contributed by atoms with Crippen LogP contribution in [-0.4, -0.2) is 36.2 Å². The molecule has 0 aliphatic carbocycles. The van der Waals surface area contributed by atoms with Crippen LogP contribution in [0.4, 0.5) is 0 Å². The van der Waals surface area contributed by atoms with Gasteiger partial charge >= 0.3 is 0 Å². The van der Waals surface area contributed by atoms with Crippen molar-refractivity contribution in [3.05, 3.63) is 64.9 Å². The monoisotopic (exact) mass is 471 g/mol. The van der Waals surface area contributed by atoms with Crippen LogP contribution in [0.1, 0.15) is 17.8 Å². The van der Waals surface area contributed by atoms with E-state index in [1.165, 1.54) is 0 Å². The number of nitrogens with one attached hydrogen (secondary N) is 1. The summed E-state index contributed by atoms with van der Waals surface area (Å²) in [5.41, 5.74) is 2.94. The number of halogens is 1. The highest BCUT2D eigenvalue weighted by Gasteiger charge is 2.11. The molecule has 1 amide bonds. The molecule has 0 saturated carbocycles. The maximum atomic E-state index is 12.3. The smallest absolute Gasteiger partial charge is 0.224 e. The minimum Gasteiger partial charge on any atom is -0.493 e. The van der Waals surface area contributed by atoms with E-state index in [-0.39, 0.29) is 5.91 Å². The number of hydrogen-bond acceptors (Lipinski definition) is 4. The summed E-state index contributed by atoms with van der Waals surface area (Å²) in [4.78, 5) is 17.1. The van der Waals surface area contributed by atoms with Crippen LogP contribution in [0.5, 0.6) is 11.5 Å². The van der Waals surface area contributed by atoms with Gasteiger partial charge in [0.1, 0.15) is 5.82 Å². The number of allylic oxidation sites excluding steroid dienone is 1. The number of amides is 1. The molecule has 0 aliphatic heterocycles. The Morgan fingerprint density at radius 1 is 1.17 bits per heavy atom. The average Bonchev–Trinajstić information content (AvgIpc) is 3.08. The van der Waals surface area contributed by atoms with E-state index < -0.39 is 0 Å². The molecule has 0 saturated heterocycles. The van der Waals surface area contributed by atoms with E-state index in [0.717, 1.165) is 39.7 Å². The van der Waals surface area contributed by atoms with Crippen LogP contribution in [0.3, 0.4) is 0 Å². The third-order valence-corrected chi connectivity index (χ3v) is 5.03. The minimum atomic E-state index is -0.0236. The fourth-order valence-electron chi connectivity index (χ4n) is 3.38. The van der Waals surface area contributed by atoms with E-state index >= 15 is 0 Å². The second-order valence-corrected chi connectivity index (χ2v) is 8.06. The number of aryl methyl sites for hydroxylation is 1. The van der Waals surface area contributed by atoms with Gasteiger partial charge in [-0.25, -0.2) is 4.98 Å². The Morgan fingerprint density at radius 2 is 1.93 bits per heavy atom. The van der Waals surface area contributed by atoms with Gasteiger partial charge in [0.15, 0.2) is 11.5 Å². The van der Waals surface area contributed by atoms with Gasteiger partial charge in [-0.2, -0.15) is 0 Å². The van der Waals surface area contributed by atoms with Crippen molar-refractivity contribution < 1.29 is 14.3 Å². The van der Waals surface area contributed by atoms with Crippen LogP contribution in [0, 0.1) is 0 Å². The predicted octanol–water partition coefficient (Wildman–Crippen LogP) is 4.25. The molecule has 7 heteroatoms. The number of fused-ring (bicyclic) bond motifs is 1. The fraction of sp³-hybridized carbons (Fsp3) is 0.304. The van der Waals surface area contributed by atoms with Gasteiger partial charge in [-0.1, -0.05) is 40.7 Å². The molecular weight excluding hydrogens is 446 g/mol. The van der Waals surface area contributed by atoms with Crippen molar-refractivity contribution in [2.75, 3.05) is 20.8 Å². The molecule has 158 valence electrons. The number of aromatic nitrogens is 2. The largest absolute Gasteiger partial charge is 0.493 e. The molecule has 6 nitrogen and oxygen atoms in total. The molecular formula is C23H26BrN3O3. The molecule has 1 heterocycles. The van der Waals surface area contributed by atoms with Crippen molar-refractivity contribution in [1.82, 2.24) is 14.9 Å². The second kappa shape index (κ2) is 10.3. The summed E-state index contributed by atoms with van der Waals surface area (Å²) >= 11 is 3.45. The molecule has 3 aromatic rings. The van der Waals surface area contributed by atoms with Gasteiger partial charge in [0, 0.05) is 17.4 Å². The van der Waals surface area contributed by atoms with Gasteiger partial charge < -0.3 is 19.4 Å². The highest BCUT2D eigenvalue weighted by Crippen LogP contribution is 2.27. The van der Waals surface area contributed by atoms with Gasteiger partial charge in [-0.3, -0.25) is 4.79 Å². The Labute approximate surface area is 185 Å². The summed E-state index contributed by atoms with van der Waals surface area (Å²) in [5, 5.41) is 2.99. The van der Waals surface area contributed by atoms with Crippen LogP contribution in [0.25, 0.3) is 11.0 Å². The van der Waals surface area contributed by atoms with Crippen molar-refractivity contribution in [1.29, 1.82) is 0 Å². The number of para-hydroxylation sites is 2. The molecule has 0 bridgehead atoms. The lowest BCUT2D eigenvalue weighted by atomic mass is 10.1. The molecule has 2 aromatic carbocycles. The summed E-state index contributed by atoms with van der Waals surface area (Å²) in [6.45, 7) is 5.21. The van der Waals surface area contributed by atoms with Crippen molar-refractivity contribution in [3.8, 4) is 11.5 Å². The van der Waals surface area contributed by atoms with E-state index in [0.29, 0.717) is 31.0 Å². The van der Waals surface area contributed by atoms with Crippen molar-refractivity contribution in [2.45, 2.75) is 25.8 Å². The average molecular weight is 472 g/mol. The lowest BCUT2D eigenvalue weighted by Gasteiger charge is -2.10. The molecule has 30 heavy (non-hydrogen) atoms. The Hall–Kier alpha value is -2.80. The maximum absolute atomic E-state index is 12.3. The van der Waals surface area contributed by atoms with Crippen LogP contribution >= 0.6 is 15.9 Å². The van der Waals surface area contributed by atoms with E-state index in [4.69, 9.17) is 14.5 Å². The Balaban J connectivity index is 1.55. The van der Waals surface area contributed by atoms with E-state index in [9.17, 15) is 4.79 Å². The first-order chi connectivity index (χ1) is 14.5. The highest BCUT2D eigenvalue weighted by molar-refractivity contribution is 9.11. The number of imidazole rings is 1. The number of ether oxygens (including phenoxy) is 2.